The Hall–Kier alpha value is -1.99. The number of rotatable bonds is 6. The van der Waals surface area contributed by atoms with Crippen LogP contribution in [-0.2, 0) is 29.0 Å². The maximum atomic E-state index is 12.2. The van der Waals surface area contributed by atoms with E-state index >= 15 is 0 Å². The quantitative estimate of drug-likeness (QED) is 0.742. The zero-order chi connectivity index (χ0) is 20.2. The second-order valence-electron chi connectivity index (χ2n) is 8.67. The molecule has 1 aromatic rings. The highest BCUT2D eigenvalue weighted by molar-refractivity contribution is 5.78. The van der Waals surface area contributed by atoms with E-state index in [9.17, 15) is 4.79 Å². The van der Waals surface area contributed by atoms with Crippen LogP contribution in [0.4, 0.5) is 0 Å². The Kier molecular flexibility index (Phi) is 6.45. The zero-order valence-corrected chi connectivity index (χ0v) is 17.5. The van der Waals surface area contributed by atoms with E-state index in [2.05, 4.69) is 44.6 Å². The molecule has 0 bridgehead atoms. The van der Waals surface area contributed by atoms with Crippen molar-refractivity contribution in [2.75, 3.05) is 32.8 Å². The van der Waals surface area contributed by atoms with Crippen molar-refractivity contribution in [1.82, 2.24) is 25.0 Å². The van der Waals surface area contributed by atoms with Crippen LogP contribution in [0.15, 0.2) is 23.8 Å². The number of aromatic nitrogens is 3. The first-order chi connectivity index (χ1) is 14.1. The van der Waals surface area contributed by atoms with Gasteiger partial charge in [-0.15, -0.1) is 10.2 Å². The minimum atomic E-state index is -0.0229. The van der Waals surface area contributed by atoms with Gasteiger partial charge in [0.25, 0.3) is 0 Å². The number of fused-ring (bicyclic) bond motifs is 1. The van der Waals surface area contributed by atoms with E-state index in [1.807, 2.05) is 0 Å². The highest BCUT2D eigenvalue weighted by atomic mass is 16.5. The van der Waals surface area contributed by atoms with E-state index < -0.39 is 0 Å². The molecule has 1 saturated heterocycles. The summed E-state index contributed by atoms with van der Waals surface area (Å²) in [6, 6.07) is 0. The van der Waals surface area contributed by atoms with Crippen LogP contribution in [0.25, 0.3) is 0 Å². The maximum Gasteiger partial charge on any atom is 0.225 e. The van der Waals surface area contributed by atoms with E-state index in [0.717, 1.165) is 57.1 Å². The number of amides is 1. The van der Waals surface area contributed by atoms with Crippen LogP contribution in [0.1, 0.15) is 44.3 Å². The summed E-state index contributed by atoms with van der Waals surface area (Å²) in [5.74, 6) is 2.58. The van der Waals surface area contributed by atoms with Crippen LogP contribution in [0.3, 0.4) is 0 Å². The first-order valence-electron chi connectivity index (χ1n) is 10.9. The summed E-state index contributed by atoms with van der Waals surface area (Å²) in [5.41, 5.74) is 2.87. The van der Waals surface area contributed by atoms with Crippen LogP contribution >= 0.6 is 0 Å². The van der Waals surface area contributed by atoms with E-state index in [-0.39, 0.29) is 11.8 Å². The van der Waals surface area contributed by atoms with Gasteiger partial charge in [-0.3, -0.25) is 9.69 Å². The lowest BCUT2D eigenvalue weighted by molar-refractivity contribution is -0.125. The fraction of sp³-hybridized carbons (Fsp3) is 0.682. The van der Waals surface area contributed by atoms with Crippen LogP contribution in [0.5, 0.6) is 0 Å². The lowest BCUT2D eigenvalue weighted by Crippen LogP contribution is -2.32. The van der Waals surface area contributed by atoms with Gasteiger partial charge >= 0.3 is 0 Å². The second kappa shape index (κ2) is 9.22. The fourth-order valence-electron chi connectivity index (χ4n) is 4.53. The van der Waals surface area contributed by atoms with Crippen molar-refractivity contribution in [1.29, 1.82) is 0 Å². The van der Waals surface area contributed by atoms with Crippen molar-refractivity contribution in [3.05, 3.63) is 35.4 Å². The van der Waals surface area contributed by atoms with Crippen molar-refractivity contribution < 1.29 is 9.53 Å². The monoisotopic (exact) mass is 399 g/mol. The number of nitrogens with one attached hydrogen (secondary N) is 1. The molecule has 7 nitrogen and oxygen atoms in total. The molecule has 1 aromatic heterocycles. The Morgan fingerprint density at radius 1 is 1.24 bits per heavy atom. The van der Waals surface area contributed by atoms with Gasteiger partial charge in [-0.05, 0) is 38.5 Å². The molecule has 0 saturated carbocycles. The zero-order valence-electron chi connectivity index (χ0n) is 17.5. The van der Waals surface area contributed by atoms with Crippen molar-refractivity contribution >= 4 is 5.91 Å². The van der Waals surface area contributed by atoms with E-state index in [4.69, 9.17) is 4.74 Å². The predicted octanol–water partition coefficient (Wildman–Crippen LogP) is 2.09. The van der Waals surface area contributed by atoms with Gasteiger partial charge in [-0.25, -0.2) is 0 Å². The van der Waals surface area contributed by atoms with Gasteiger partial charge in [-0.1, -0.05) is 23.8 Å². The van der Waals surface area contributed by atoms with Gasteiger partial charge in [0.05, 0.1) is 19.1 Å². The summed E-state index contributed by atoms with van der Waals surface area (Å²) < 4.78 is 7.50. The Morgan fingerprint density at radius 3 is 2.86 bits per heavy atom. The maximum absolute atomic E-state index is 12.2. The standard InChI is InChI=1S/C22H33N5O2/c1-16(2)18-5-3-17(4-6-18)14-26-9-7-20-24-25-21(27(20)11-10-26)13-23-22(28)19-8-12-29-15-19/h3,18-19H,1,4-15H2,2H3,(H,23,28)/t18-,19+/m1/s1. The molecule has 4 rings (SSSR count). The summed E-state index contributed by atoms with van der Waals surface area (Å²) in [5, 5.41) is 11.7. The SMILES string of the molecule is C=C(C)[C@@H]1CC=C(CN2CCc3nnc(CNC(=O)[C@H]4CCOC4)n3CC2)CC1. The minimum absolute atomic E-state index is 0.0229. The summed E-state index contributed by atoms with van der Waals surface area (Å²) in [4.78, 5) is 14.8. The Morgan fingerprint density at radius 2 is 2.14 bits per heavy atom. The minimum Gasteiger partial charge on any atom is -0.381 e. The van der Waals surface area contributed by atoms with Gasteiger partial charge < -0.3 is 14.6 Å². The second-order valence-corrected chi connectivity index (χ2v) is 8.67. The highest BCUT2D eigenvalue weighted by Crippen LogP contribution is 2.28. The Balaban J connectivity index is 1.29. The molecule has 1 amide bonds. The third kappa shape index (κ3) is 4.95. The molecule has 0 spiro atoms. The summed E-state index contributed by atoms with van der Waals surface area (Å²) in [6.45, 7) is 11.8. The number of nitrogens with zero attached hydrogens (tertiary/aromatic N) is 4. The molecule has 2 aliphatic heterocycles. The fourth-order valence-corrected chi connectivity index (χ4v) is 4.53. The first-order valence-corrected chi connectivity index (χ1v) is 10.9. The Labute approximate surface area is 173 Å². The number of carbonyl (C=O) groups is 1. The molecule has 0 radical (unpaired) electrons. The molecule has 1 fully saturated rings. The third-order valence-electron chi connectivity index (χ3n) is 6.55. The smallest absolute Gasteiger partial charge is 0.225 e. The van der Waals surface area contributed by atoms with E-state index in [1.54, 1.807) is 5.57 Å². The van der Waals surface area contributed by atoms with Crippen molar-refractivity contribution in [2.45, 2.75) is 52.1 Å². The van der Waals surface area contributed by atoms with Crippen LogP contribution in [0, 0.1) is 11.8 Å². The van der Waals surface area contributed by atoms with Crippen molar-refractivity contribution in [3.8, 4) is 0 Å². The van der Waals surface area contributed by atoms with Gasteiger partial charge in [0.1, 0.15) is 5.82 Å². The number of carbonyl (C=O) groups excluding carboxylic acids is 1. The highest BCUT2D eigenvalue weighted by Gasteiger charge is 2.25. The number of hydrogen-bond donors (Lipinski definition) is 1. The van der Waals surface area contributed by atoms with Gasteiger partial charge in [0.15, 0.2) is 5.82 Å². The van der Waals surface area contributed by atoms with Crippen molar-refractivity contribution in [2.24, 2.45) is 11.8 Å². The number of hydrogen-bond acceptors (Lipinski definition) is 5. The Bertz CT molecular complexity index is 778. The topological polar surface area (TPSA) is 72.3 Å². The largest absolute Gasteiger partial charge is 0.381 e. The van der Waals surface area contributed by atoms with Crippen LogP contribution in [0.2, 0.25) is 0 Å². The average molecular weight is 400 g/mol. The van der Waals surface area contributed by atoms with Crippen LogP contribution < -0.4 is 5.32 Å². The molecular formula is C22H33N5O2. The predicted molar refractivity (Wildman–Crippen MR) is 111 cm³/mol. The molecule has 3 aliphatic rings. The lowest BCUT2D eigenvalue weighted by atomic mass is 9.85. The number of ether oxygens (including phenoxy) is 1. The molecule has 158 valence electrons. The summed E-state index contributed by atoms with van der Waals surface area (Å²) >= 11 is 0. The molecule has 1 aliphatic carbocycles. The van der Waals surface area contributed by atoms with E-state index in [0.29, 0.717) is 25.7 Å². The summed E-state index contributed by atoms with van der Waals surface area (Å²) in [6.07, 6.45) is 7.70. The van der Waals surface area contributed by atoms with Gasteiger partial charge in [0, 0.05) is 39.2 Å². The number of allylic oxidation sites excluding steroid dienone is 2. The van der Waals surface area contributed by atoms with Gasteiger partial charge in [-0.2, -0.15) is 0 Å². The van der Waals surface area contributed by atoms with Gasteiger partial charge in [0.2, 0.25) is 5.91 Å². The molecule has 1 N–H and O–H groups in total. The first kappa shape index (κ1) is 20.3. The average Bonchev–Trinajstić information content (AvgIpc) is 3.35. The van der Waals surface area contributed by atoms with Crippen molar-refractivity contribution in [3.63, 3.8) is 0 Å². The molecular weight excluding hydrogens is 366 g/mol. The lowest BCUT2D eigenvalue weighted by Gasteiger charge is -2.26. The van der Waals surface area contributed by atoms with Crippen LogP contribution in [-0.4, -0.2) is 58.4 Å². The molecule has 0 aromatic carbocycles. The normalized spacial score (nSPS) is 25.2. The molecule has 7 heteroatoms. The molecule has 3 heterocycles. The molecule has 29 heavy (non-hydrogen) atoms. The summed E-state index contributed by atoms with van der Waals surface area (Å²) in [7, 11) is 0. The van der Waals surface area contributed by atoms with E-state index in [1.165, 1.54) is 18.4 Å². The molecule has 2 atom stereocenters. The molecule has 0 unspecified atom stereocenters. The third-order valence-corrected chi connectivity index (χ3v) is 6.55.